The number of aliphatic carboxylic acids is 1. The molecule has 1 aromatic carbocycles. The Morgan fingerprint density at radius 3 is 2.71 bits per heavy atom. The number of benzene rings is 1. The number of aromatic nitrogens is 1. The Balaban J connectivity index is 2.15. The number of hydrogen-bond donors (Lipinski definition) is 2. The lowest BCUT2D eigenvalue weighted by Crippen LogP contribution is -2.12. The summed E-state index contributed by atoms with van der Waals surface area (Å²) >= 11 is 6.01. The highest BCUT2D eigenvalue weighted by atomic mass is 35.5. The largest absolute Gasteiger partial charge is 0.478 e. The van der Waals surface area contributed by atoms with Crippen LogP contribution < -0.4 is 5.32 Å². The van der Waals surface area contributed by atoms with Gasteiger partial charge >= 0.3 is 5.97 Å². The molecule has 0 unspecified atom stereocenters. The molecule has 1 amide bonds. The maximum Gasteiger partial charge on any atom is 0.328 e. The molecule has 108 valence electrons. The normalized spacial score (nSPS) is 10.8. The lowest BCUT2D eigenvalue weighted by atomic mass is 10.1. The van der Waals surface area contributed by atoms with Crippen molar-refractivity contribution in [2.75, 3.05) is 5.32 Å². The standard InChI is InChI=1S/C14H11ClN2O4/c1-8-6-12(17-21-8)16-14(20)10-3-2-9(11(15)7-10)4-5-13(18)19/h2-7H,1H3,(H,18,19)(H,16,17,20)/b5-4+. The third kappa shape index (κ3) is 3.93. The Kier molecular flexibility index (Phi) is 4.39. The van der Waals surface area contributed by atoms with Gasteiger partial charge in [-0.1, -0.05) is 22.8 Å². The number of anilines is 1. The maximum atomic E-state index is 12.0. The van der Waals surface area contributed by atoms with Gasteiger partial charge in [-0.2, -0.15) is 0 Å². The second-order valence-electron chi connectivity index (χ2n) is 4.18. The summed E-state index contributed by atoms with van der Waals surface area (Å²) in [6.45, 7) is 1.71. The highest BCUT2D eigenvalue weighted by Gasteiger charge is 2.10. The molecular weight excluding hydrogens is 296 g/mol. The molecule has 1 aromatic heterocycles. The first kappa shape index (κ1) is 14.8. The minimum atomic E-state index is -1.07. The number of carbonyl (C=O) groups is 2. The van der Waals surface area contributed by atoms with Crippen molar-refractivity contribution < 1.29 is 19.2 Å². The molecule has 2 N–H and O–H groups in total. The molecule has 0 atom stereocenters. The Bertz CT molecular complexity index is 722. The molecule has 0 fully saturated rings. The zero-order valence-electron chi connectivity index (χ0n) is 11.0. The van der Waals surface area contributed by atoms with Crippen molar-refractivity contribution in [3.05, 3.63) is 52.3 Å². The molecule has 0 aliphatic carbocycles. The van der Waals surface area contributed by atoms with Crippen LogP contribution in [0.25, 0.3) is 6.08 Å². The smallest absolute Gasteiger partial charge is 0.328 e. The third-order valence-electron chi connectivity index (χ3n) is 2.54. The highest BCUT2D eigenvalue weighted by Crippen LogP contribution is 2.20. The number of carboxylic acids is 1. The van der Waals surface area contributed by atoms with Crippen molar-refractivity contribution in [2.24, 2.45) is 0 Å². The molecule has 0 saturated carbocycles. The summed E-state index contributed by atoms with van der Waals surface area (Å²) in [5, 5.41) is 15.1. The SMILES string of the molecule is Cc1cc(NC(=O)c2ccc(/C=C/C(=O)O)c(Cl)c2)no1. The van der Waals surface area contributed by atoms with Gasteiger partial charge in [0.2, 0.25) is 0 Å². The van der Waals surface area contributed by atoms with E-state index in [0.717, 1.165) is 6.08 Å². The van der Waals surface area contributed by atoms with E-state index < -0.39 is 5.97 Å². The van der Waals surface area contributed by atoms with E-state index in [4.69, 9.17) is 21.2 Å². The number of carbonyl (C=O) groups excluding carboxylic acids is 1. The zero-order chi connectivity index (χ0) is 15.4. The van der Waals surface area contributed by atoms with Gasteiger partial charge in [-0.05, 0) is 30.7 Å². The number of amides is 1. The Labute approximate surface area is 125 Å². The first-order valence-electron chi connectivity index (χ1n) is 5.91. The minimum Gasteiger partial charge on any atom is -0.478 e. The quantitative estimate of drug-likeness (QED) is 0.847. The molecule has 0 aliphatic heterocycles. The van der Waals surface area contributed by atoms with E-state index in [2.05, 4.69) is 10.5 Å². The summed E-state index contributed by atoms with van der Waals surface area (Å²) in [7, 11) is 0. The first-order valence-corrected chi connectivity index (χ1v) is 6.29. The van der Waals surface area contributed by atoms with E-state index in [1.807, 2.05) is 0 Å². The number of carboxylic acid groups (broad SMARTS) is 1. The van der Waals surface area contributed by atoms with Crippen molar-refractivity contribution in [1.82, 2.24) is 5.16 Å². The van der Waals surface area contributed by atoms with E-state index in [-0.39, 0.29) is 10.9 Å². The van der Waals surface area contributed by atoms with Gasteiger partial charge < -0.3 is 14.9 Å². The van der Waals surface area contributed by atoms with Crippen LogP contribution in [0.5, 0.6) is 0 Å². The fourth-order valence-corrected chi connectivity index (χ4v) is 1.82. The van der Waals surface area contributed by atoms with Crippen molar-refractivity contribution in [2.45, 2.75) is 6.92 Å². The molecule has 1 heterocycles. The topological polar surface area (TPSA) is 92.4 Å². The summed E-state index contributed by atoms with van der Waals surface area (Å²) in [5.74, 6) is -0.575. The first-order chi connectivity index (χ1) is 9.95. The molecule has 6 nitrogen and oxygen atoms in total. The number of hydrogen-bond acceptors (Lipinski definition) is 4. The minimum absolute atomic E-state index is 0.275. The summed E-state index contributed by atoms with van der Waals surface area (Å²) in [6.07, 6.45) is 2.33. The van der Waals surface area contributed by atoms with Crippen LogP contribution in [-0.4, -0.2) is 22.1 Å². The number of nitrogens with zero attached hydrogens (tertiary/aromatic N) is 1. The van der Waals surface area contributed by atoms with Crippen LogP contribution in [0, 0.1) is 6.92 Å². The van der Waals surface area contributed by atoms with Gasteiger partial charge in [0.15, 0.2) is 5.82 Å². The molecule has 2 aromatic rings. The molecule has 21 heavy (non-hydrogen) atoms. The van der Waals surface area contributed by atoms with Gasteiger partial charge in [-0.25, -0.2) is 4.79 Å². The van der Waals surface area contributed by atoms with Crippen LogP contribution in [0.4, 0.5) is 5.82 Å². The second kappa shape index (κ2) is 6.23. The Morgan fingerprint density at radius 2 is 2.14 bits per heavy atom. The monoisotopic (exact) mass is 306 g/mol. The van der Waals surface area contributed by atoms with Gasteiger partial charge in [-0.15, -0.1) is 0 Å². The van der Waals surface area contributed by atoms with Crippen LogP contribution in [0.2, 0.25) is 5.02 Å². The zero-order valence-corrected chi connectivity index (χ0v) is 11.7. The van der Waals surface area contributed by atoms with E-state index >= 15 is 0 Å². The summed E-state index contributed by atoms with van der Waals surface area (Å²) in [6, 6.07) is 6.13. The van der Waals surface area contributed by atoms with Gasteiger partial charge in [0, 0.05) is 22.7 Å². The van der Waals surface area contributed by atoms with Crippen molar-refractivity contribution in [3.8, 4) is 0 Å². The molecule has 2 rings (SSSR count). The maximum absolute atomic E-state index is 12.0. The predicted octanol–water partition coefficient (Wildman–Crippen LogP) is 2.99. The van der Waals surface area contributed by atoms with Gasteiger partial charge in [-0.3, -0.25) is 4.79 Å². The average Bonchev–Trinajstić information content (AvgIpc) is 2.82. The fraction of sp³-hybridized carbons (Fsp3) is 0.0714. The molecule has 7 heteroatoms. The molecule has 0 radical (unpaired) electrons. The Morgan fingerprint density at radius 1 is 1.38 bits per heavy atom. The number of aryl methyl sites for hydroxylation is 1. The average molecular weight is 307 g/mol. The van der Waals surface area contributed by atoms with Gasteiger partial charge in [0.1, 0.15) is 5.76 Å². The van der Waals surface area contributed by atoms with Crippen LogP contribution in [0.1, 0.15) is 21.7 Å². The van der Waals surface area contributed by atoms with E-state index in [1.54, 1.807) is 19.1 Å². The van der Waals surface area contributed by atoms with E-state index in [9.17, 15) is 9.59 Å². The summed E-state index contributed by atoms with van der Waals surface area (Å²) in [4.78, 5) is 22.4. The van der Waals surface area contributed by atoms with Crippen LogP contribution in [0.15, 0.2) is 34.9 Å². The summed E-state index contributed by atoms with van der Waals surface area (Å²) in [5.41, 5.74) is 0.834. The lowest BCUT2D eigenvalue weighted by molar-refractivity contribution is -0.131. The molecule has 0 spiro atoms. The van der Waals surface area contributed by atoms with Gasteiger partial charge in [0.05, 0.1) is 0 Å². The molecular formula is C14H11ClN2O4. The number of nitrogens with one attached hydrogen (secondary N) is 1. The fourth-order valence-electron chi connectivity index (χ4n) is 1.58. The third-order valence-corrected chi connectivity index (χ3v) is 2.87. The van der Waals surface area contributed by atoms with E-state index in [1.165, 1.54) is 18.2 Å². The number of halogens is 1. The lowest BCUT2D eigenvalue weighted by Gasteiger charge is -2.04. The van der Waals surface area contributed by atoms with Crippen LogP contribution >= 0.6 is 11.6 Å². The molecule has 0 bridgehead atoms. The van der Waals surface area contributed by atoms with Crippen LogP contribution in [0.3, 0.4) is 0 Å². The molecule has 0 saturated heterocycles. The predicted molar refractivity (Wildman–Crippen MR) is 77.3 cm³/mol. The van der Waals surface area contributed by atoms with E-state index in [0.29, 0.717) is 22.7 Å². The number of rotatable bonds is 4. The van der Waals surface area contributed by atoms with Crippen LogP contribution in [-0.2, 0) is 4.79 Å². The molecule has 0 aliphatic rings. The summed E-state index contributed by atoms with van der Waals surface area (Å²) < 4.78 is 4.84. The van der Waals surface area contributed by atoms with Gasteiger partial charge in [0.25, 0.3) is 5.91 Å². The van der Waals surface area contributed by atoms with Crippen molar-refractivity contribution >= 4 is 35.4 Å². The highest BCUT2D eigenvalue weighted by molar-refractivity contribution is 6.32. The van der Waals surface area contributed by atoms with Crippen molar-refractivity contribution in [1.29, 1.82) is 0 Å². The Hall–Kier alpha value is -2.60. The second-order valence-corrected chi connectivity index (χ2v) is 4.59. The van der Waals surface area contributed by atoms with Crippen molar-refractivity contribution in [3.63, 3.8) is 0 Å².